The SMILES string of the molecule is COc1ccc(OCCN(C)C(=O)C2CCN(S(C)(=O)=O)CC2)cc1. The molecular weight excluding hydrogens is 344 g/mol. The minimum Gasteiger partial charge on any atom is -0.497 e. The predicted molar refractivity (Wildman–Crippen MR) is 95.3 cm³/mol. The fourth-order valence-corrected chi connectivity index (χ4v) is 3.70. The van der Waals surface area contributed by atoms with Gasteiger partial charge in [0.05, 0.1) is 19.9 Å². The van der Waals surface area contributed by atoms with E-state index in [0.717, 1.165) is 11.5 Å². The van der Waals surface area contributed by atoms with Crippen molar-refractivity contribution in [2.24, 2.45) is 5.92 Å². The molecule has 1 amide bonds. The van der Waals surface area contributed by atoms with E-state index in [4.69, 9.17) is 9.47 Å². The third-order valence-corrected chi connectivity index (χ3v) is 5.71. The van der Waals surface area contributed by atoms with Crippen LogP contribution in [0, 0.1) is 5.92 Å². The first-order valence-corrected chi connectivity index (χ1v) is 10.1. The summed E-state index contributed by atoms with van der Waals surface area (Å²) in [7, 11) is 0.195. The van der Waals surface area contributed by atoms with Gasteiger partial charge in [-0.2, -0.15) is 0 Å². The lowest BCUT2D eigenvalue weighted by atomic mass is 9.97. The third kappa shape index (κ3) is 5.61. The van der Waals surface area contributed by atoms with Gasteiger partial charge in [0.15, 0.2) is 0 Å². The number of hydrogen-bond donors (Lipinski definition) is 0. The van der Waals surface area contributed by atoms with E-state index in [1.165, 1.54) is 10.6 Å². The van der Waals surface area contributed by atoms with E-state index in [-0.39, 0.29) is 11.8 Å². The first-order chi connectivity index (χ1) is 11.8. The summed E-state index contributed by atoms with van der Waals surface area (Å²) in [5.74, 6) is 1.42. The van der Waals surface area contributed by atoms with Gasteiger partial charge in [-0.05, 0) is 37.1 Å². The molecule has 1 heterocycles. The van der Waals surface area contributed by atoms with Crippen LogP contribution in [0.2, 0.25) is 0 Å². The molecule has 1 saturated heterocycles. The summed E-state index contributed by atoms with van der Waals surface area (Å²) in [6.07, 6.45) is 2.34. The zero-order valence-electron chi connectivity index (χ0n) is 15.0. The minimum atomic E-state index is -3.17. The van der Waals surface area contributed by atoms with Crippen molar-refractivity contribution in [3.8, 4) is 11.5 Å². The number of ether oxygens (including phenoxy) is 2. The van der Waals surface area contributed by atoms with Crippen LogP contribution in [-0.4, -0.2) is 70.2 Å². The smallest absolute Gasteiger partial charge is 0.225 e. The number of carbonyl (C=O) groups excluding carboxylic acids is 1. The van der Waals surface area contributed by atoms with Crippen LogP contribution >= 0.6 is 0 Å². The van der Waals surface area contributed by atoms with Crippen molar-refractivity contribution in [1.29, 1.82) is 0 Å². The topological polar surface area (TPSA) is 76.2 Å². The zero-order chi connectivity index (χ0) is 18.4. The van der Waals surface area contributed by atoms with Crippen molar-refractivity contribution in [3.05, 3.63) is 24.3 Å². The molecule has 0 saturated carbocycles. The van der Waals surface area contributed by atoms with Crippen LogP contribution < -0.4 is 9.47 Å². The summed E-state index contributed by atoms with van der Waals surface area (Å²) in [6.45, 7) is 1.70. The summed E-state index contributed by atoms with van der Waals surface area (Å²) in [5.41, 5.74) is 0. The fraction of sp³-hybridized carbons (Fsp3) is 0.588. The number of amides is 1. The molecule has 0 spiro atoms. The molecule has 1 aliphatic heterocycles. The number of rotatable bonds is 7. The van der Waals surface area contributed by atoms with Gasteiger partial charge in [-0.3, -0.25) is 4.79 Å². The molecule has 0 N–H and O–H groups in total. The normalized spacial score (nSPS) is 16.4. The quantitative estimate of drug-likeness (QED) is 0.721. The van der Waals surface area contributed by atoms with Crippen LogP contribution in [0.5, 0.6) is 11.5 Å². The molecule has 0 atom stereocenters. The lowest BCUT2D eigenvalue weighted by molar-refractivity contribution is -0.135. The Hall–Kier alpha value is -1.80. The highest BCUT2D eigenvalue weighted by Crippen LogP contribution is 2.21. The highest BCUT2D eigenvalue weighted by Gasteiger charge is 2.30. The van der Waals surface area contributed by atoms with Crippen LogP contribution in [0.15, 0.2) is 24.3 Å². The maximum absolute atomic E-state index is 12.5. The second-order valence-electron chi connectivity index (χ2n) is 6.22. The number of piperidine rings is 1. The molecule has 1 aromatic carbocycles. The molecular formula is C17H26N2O5S. The van der Waals surface area contributed by atoms with Crippen molar-refractivity contribution < 1.29 is 22.7 Å². The van der Waals surface area contributed by atoms with Crippen molar-refractivity contribution in [1.82, 2.24) is 9.21 Å². The van der Waals surface area contributed by atoms with Gasteiger partial charge in [-0.25, -0.2) is 12.7 Å². The molecule has 25 heavy (non-hydrogen) atoms. The van der Waals surface area contributed by atoms with Crippen molar-refractivity contribution in [3.63, 3.8) is 0 Å². The Balaban J connectivity index is 1.75. The largest absolute Gasteiger partial charge is 0.497 e. The van der Waals surface area contributed by atoms with Crippen LogP contribution in [0.3, 0.4) is 0 Å². The Labute approximate surface area is 149 Å². The first-order valence-electron chi connectivity index (χ1n) is 8.28. The third-order valence-electron chi connectivity index (χ3n) is 4.40. The minimum absolute atomic E-state index is 0.0477. The van der Waals surface area contributed by atoms with E-state index in [9.17, 15) is 13.2 Å². The Morgan fingerprint density at radius 2 is 1.76 bits per heavy atom. The van der Waals surface area contributed by atoms with Gasteiger partial charge in [0.25, 0.3) is 0 Å². The Morgan fingerprint density at radius 3 is 2.28 bits per heavy atom. The lowest BCUT2D eigenvalue weighted by Gasteiger charge is -2.31. The van der Waals surface area contributed by atoms with Gasteiger partial charge in [0, 0.05) is 26.1 Å². The molecule has 140 valence electrons. The molecule has 0 unspecified atom stereocenters. The number of methoxy groups -OCH3 is 1. The van der Waals surface area contributed by atoms with E-state index in [0.29, 0.717) is 39.1 Å². The molecule has 0 radical (unpaired) electrons. The van der Waals surface area contributed by atoms with Gasteiger partial charge < -0.3 is 14.4 Å². The average Bonchev–Trinajstić information content (AvgIpc) is 2.61. The highest BCUT2D eigenvalue weighted by atomic mass is 32.2. The van der Waals surface area contributed by atoms with Crippen molar-refractivity contribution in [2.75, 3.05) is 46.7 Å². The summed E-state index contributed by atoms with van der Waals surface area (Å²) in [5, 5.41) is 0. The van der Waals surface area contributed by atoms with E-state index in [1.807, 2.05) is 24.3 Å². The average molecular weight is 370 g/mol. The molecule has 8 heteroatoms. The number of benzene rings is 1. The summed E-state index contributed by atoms with van der Waals surface area (Å²) in [6, 6.07) is 7.28. The molecule has 7 nitrogen and oxygen atoms in total. The predicted octanol–water partition coefficient (Wildman–Crippen LogP) is 1.20. The Bertz CT molecular complexity index is 667. The van der Waals surface area contributed by atoms with Crippen LogP contribution in [0.1, 0.15) is 12.8 Å². The number of nitrogens with zero attached hydrogens (tertiary/aromatic N) is 2. The molecule has 1 aromatic rings. The maximum Gasteiger partial charge on any atom is 0.225 e. The van der Waals surface area contributed by atoms with Gasteiger partial charge in [-0.15, -0.1) is 0 Å². The van der Waals surface area contributed by atoms with E-state index in [1.54, 1.807) is 19.1 Å². The Kier molecular flexibility index (Phi) is 6.66. The van der Waals surface area contributed by atoms with Gasteiger partial charge >= 0.3 is 0 Å². The molecule has 0 bridgehead atoms. The molecule has 1 aliphatic rings. The first kappa shape index (κ1) is 19.5. The van der Waals surface area contributed by atoms with Crippen molar-refractivity contribution >= 4 is 15.9 Å². The second-order valence-corrected chi connectivity index (χ2v) is 8.20. The number of sulfonamides is 1. The molecule has 1 fully saturated rings. The van der Waals surface area contributed by atoms with Crippen LogP contribution in [0.4, 0.5) is 0 Å². The van der Waals surface area contributed by atoms with Crippen LogP contribution in [-0.2, 0) is 14.8 Å². The fourth-order valence-electron chi connectivity index (χ4n) is 2.83. The highest BCUT2D eigenvalue weighted by molar-refractivity contribution is 7.88. The number of likely N-dealkylation sites (N-methyl/N-ethyl adjacent to an activating group) is 1. The summed E-state index contributed by atoms with van der Waals surface area (Å²) in [4.78, 5) is 14.1. The van der Waals surface area contributed by atoms with Gasteiger partial charge in [0.2, 0.25) is 15.9 Å². The van der Waals surface area contributed by atoms with E-state index >= 15 is 0 Å². The van der Waals surface area contributed by atoms with Gasteiger partial charge in [0.1, 0.15) is 18.1 Å². The van der Waals surface area contributed by atoms with Crippen molar-refractivity contribution in [2.45, 2.75) is 12.8 Å². The van der Waals surface area contributed by atoms with Gasteiger partial charge in [-0.1, -0.05) is 0 Å². The number of carbonyl (C=O) groups is 1. The maximum atomic E-state index is 12.5. The second kappa shape index (κ2) is 8.53. The molecule has 0 aromatic heterocycles. The standard InChI is InChI=1S/C17H26N2O5S/c1-18(12-13-24-16-6-4-15(23-2)5-7-16)17(20)14-8-10-19(11-9-14)25(3,21)22/h4-7,14H,8-13H2,1-3H3. The molecule has 2 rings (SSSR count). The molecule has 0 aliphatic carbocycles. The summed E-state index contributed by atoms with van der Waals surface area (Å²) < 4.78 is 35.2. The van der Waals surface area contributed by atoms with Crippen LogP contribution in [0.25, 0.3) is 0 Å². The zero-order valence-corrected chi connectivity index (χ0v) is 15.8. The van der Waals surface area contributed by atoms with E-state index in [2.05, 4.69) is 0 Å². The lowest BCUT2D eigenvalue weighted by Crippen LogP contribution is -2.43. The monoisotopic (exact) mass is 370 g/mol. The summed E-state index contributed by atoms with van der Waals surface area (Å²) >= 11 is 0. The number of hydrogen-bond acceptors (Lipinski definition) is 5. The Morgan fingerprint density at radius 1 is 1.20 bits per heavy atom. The van der Waals surface area contributed by atoms with E-state index < -0.39 is 10.0 Å².